The minimum atomic E-state index is -4.67. The van der Waals surface area contributed by atoms with Crippen LogP contribution in [0.15, 0.2) is 53.5 Å². The SMILES string of the molecule is Cc1cccc(F)c1.Cc1nnn(C(F)F)c1-c1cc(C2CCCCC2)c(=O)n(Cc2ncccc2C(F)(F)F)n1. The van der Waals surface area contributed by atoms with Gasteiger partial charge in [-0.25, -0.2) is 9.07 Å². The smallest absolute Gasteiger partial charge is 0.267 e. The second-order valence-electron chi connectivity index (χ2n) is 9.82. The fraction of sp³-hybridized carbons (Fsp3) is 0.393. The molecule has 1 fully saturated rings. The Bertz CT molecular complexity index is 1520. The van der Waals surface area contributed by atoms with Crippen LogP contribution in [0.4, 0.5) is 26.3 Å². The molecular formula is C28H28F6N6O. The van der Waals surface area contributed by atoms with Crippen molar-refractivity contribution in [2.75, 3.05) is 0 Å². The second-order valence-corrected chi connectivity index (χ2v) is 9.82. The molecule has 218 valence electrons. The standard InChI is InChI=1S/C21H21F5N6O.C7H7F/c1-12-18(32(20(22)23)30-28-12)16-10-14(13-6-3-2-4-7-13)19(33)31(29-16)11-17-15(21(24,25)26)8-5-9-27-17;1-6-3-2-4-7(8)5-6/h5,8-10,13,20H,2-4,6-7,11H2,1H3;2-5H,1H3. The zero-order chi connectivity index (χ0) is 29.7. The Morgan fingerprint density at radius 3 is 2.37 bits per heavy atom. The van der Waals surface area contributed by atoms with Gasteiger partial charge in [-0.15, -0.1) is 5.10 Å². The summed E-state index contributed by atoms with van der Waals surface area (Å²) in [6.07, 6.45) is 0.786. The molecule has 0 unspecified atom stereocenters. The molecular weight excluding hydrogens is 550 g/mol. The summed E-state index contributed by atoms with van der Waals surface area (Å²) < 4.78 is 80.9. The molecule has 0 spiro atoms. The molecule has 4 aromatic rings. The highest BCUT2D eigenvalue weighted by Crippen LogP contribution is 2.34. The summed E-state index contributed by atoms with van der Waals surface area (Å²) in [5, 5.41) is 11.3. The van der Waals surface area contributed by atoms with Crippen molar-refractivity contribution in [3.8, 4) is 11.4 Å². The van der Waals surface area contributed by atoms with Crippen LogP contribution in [0.1, 0.15) is 72.6 Å². The van der Waals surface area contributed by atoms with Crippen molar-refractivity contribution in [3.63, 3.8) is 0 Å². The number of benzene rings is 1. The average molecular weight is 579 g/mol. The van der Waals surface area contributed by atoms with Crippen LogP contribution in [0.5, 0.6) is 0 Å². The van der Waals surface area contributed by atoms with Crippen molar-refractivity contribution in [1.29, 1.82) is 0 Å². The normalized spacial score (nSPS) is 14.2. The van der Waals surface area contributed by atoms with Crippen LogP contribution in [0.25, 0.3) is 11.4 Å². The summed E-state index contributed by atoms with van der Waals surface area (Å²) in [4.78, 5) is 17.1. The molecule has 0 N–H and O–H groups in total. The Hall–Kier alpha value is -4.03. The first-order valence-electron chi connectivity index (χ1n) is 13.0. The van der Waals surface area contributed by atoms with Crippen LogP contribution < -0.4 is 5.56 Å². The third-order valence-corrected chi connectivity index (χ3v) is 6.81. The van der Waals surface area contributed by atoms with Crippen molar-refractivity contribution in [2.24, 2.45) is 0 Å². The molecule has 1 aliphatic rings. The van der Waals surface area contributed by atoms with Crippen LogP contribution in [0.2, 0.25) is 0 Å². The number of pyridine rings is 1. The third-order valence-electron chi connectivity index (χ3n) is 6.81. The second kappa shape index (κ2) is 12.6. The van der Waals surface area contributed by atoms with Crippen molar-refractivity contribution >= 4 is 0 Å². The predicted molar refractivity (Wildman–Crippen MR) is 139 cm³/mol. The Morgan fingerprint density at radius 2 is 1.76 bits per heavy atom. The first kappa shape index (κ1) is 29.9. The highest BCUT2D eigenvalue weighted by molar-refractivity contribution is 5.57. The molecule has 3 aromatic heterocycles. The first-order valence-corrected chi connectivity index (χ1v) is 13.0. The lowest BCUT2D eigenvalue weighted by molar-refractivity contribution is -0.138. The highest BCUT2D eigenvalue weighted by Gasteiger charge is 2.34. The monoisotopic (exact) mass is 578 g/mol. The Balaban J connectivity index is 0.000000417. The zero-order valence-corrected chi connectivity index (χ0v) is 22.4. The molecule has 0 saturated heterocycles. The summed E-state index contributed by atoms with van der Waals surface area (Å²) in [6, 6.07) is 9.98. The van der Waals surface area contributed by atoms with Gasteiger partial charge in [0.1, 0.15) is 17.2 Å². The van der Waals surface area contributed by atoms with E-state index < -0.39 is 30.4 Å². The van der Waals surface area contributed by atoms with E-state index in [4.69, 9.17) is 0 Å². The number of alkyl halides is 5. The van der Waals surface area contributed by atoms with E-state index in [1.165, 1.54) is 31.3 Å². The summed E-state index contributed by atoms with van der Waals surface area (Å²) in [6.45, 7) is -0.228. The molecule has 13 heteroatoms. The Morgan fingerprint density at radius 1 is 1.02 bits per heavy atom. The van der Waals surface area contributed by atoms with Gasteiger partial charge in [0.15, 0.2) is 0 Å². The van der Waals surface area contributed by atoms with Gasteiger partial charge in [-0.05, 0) is 68.5 Å². The maximum atomic E-state index is 13.5. The lowest BCUT2D eigenvalue weighted by Gasteiger charge is -2.23. The number of halogens is 6. The summed E-state index contributed by atoms with van der Waals surface area (Å²) >= 11 is 0. The van der Waals surface area contributed by atoms with E-state index in [1.54, 1.807) is 6.07 Å². The van der Waals surface area contributed by atoms with Gasteiger partial charge in [0, 0.05) is 11.8 Å². The molecule has 0 bridgehead atoms. The third kappa shape index (κ3) is 7.19. The predicted octanol–water partition coefficient (Wildman–Crippen LogP) is 6.85. The highest BCUT2D eigenvalue weighted by atomic mass is 19.4. The molecule has 3 heterocycles. The molecule has 0 aliphatic heterocycles. The molecule has 7 nitrogen and oxygen atoms in total. The van der Waals surface area contributed by atoms with Gasteiger partial charge in [-0.1, -0.05) is 36.6 Å². The number of aromatic nitrogens is 6. The number of hydrogen-bond acceptors (Lipinski definition) is 5. The van der Waals surface area contributed by atoms with Crippen molar-refractivity contribution < 1.29 is 26.3 Å². The Kier molecular flexibility index (Phi) is 9.24. The minimum Gasteiger partial charge on any atom is -0.267 e. The van der Waals surface area contributed by atoms with Crippen molar-refractivity contribution in [2.45, 2.75) is 71.1 Å². The topological polar surface area (TPSA) is 78.5 Å². The van der Waals surface area contributed by atoms with E-state index in [-0.39, 0.29) is 34.5 Å². The molecule has 0 radical (unpaired) electrons. The van der Waals surface area contributed by atoms with Crippen LogP contribution >= 0.6 is 0 Å². The van der Waals surface area contributed by atoms with Crippen molar-refractivity contribution in [3.05, 3.63) is 92.9 Å². The van der Waals surface area contributed by atoms with E-state index in [0.717, 1.165) is 54.5 Å². The summed E-state index contributed by atoms with van der Waals surface area (Å²) in [7, 11) is 0. The number of rotatable bonds is 5. The van der Waals surface area contributed by atoms with E-state index in [0.29, 0.717) is 10.2 Å². The molecule has 1 aliphatic carbocycles. The van der Waals surface area contributed by atoms with Gasteiger partial charge in [-0.2, -0.15) is 31.7 Å². The quantitative estimate of drug-likeness (QED) is 0.242. The van der Waals surface area contributed by atoms with Gasteiger partial charge >= 0.3 is 12.7 Å². The molecule has 1 aromatic carbocycles. The largest absolute Gasteiger partial charge is 0.418 e. The average Bonchev–Trinajstić information content (AvgIpc) is 3.32. The molecule has 41 heavy (non-hydrogen) atoms. The van der Waals surface area contributed by atoms with E-state index in [1.807, 2.05) is 13.0 Å². The van der Waals surface area contributed by atoms with Gasteiger partial charge in [0.05, 0.1) is 23.5 Å². The summed E-state index contributed by atoms with van der Waals surface area (Å²) in [5.74, 6) is -0.300. The fourth-order valence-electron chi connectivity index (χ4n) is 4.87. The Labute approximate surface area is 231 Å². The minimum absolute atomic E-state index is 0.00228. The van der Waals surface area contributed by atoms with Gasteiger partial charge in [0.25, 0.3) is 5.56 Å². The van der Waals surface area contributed by atoms with Gasteiger partial charge < -0.3 is 0 Å². The number of nitrogens with zero attached hydrogens (tertiary/aromatic N) is 6. The molecule has 0 atom stereocenters. The van der Waals surface area contributed by atoms with Gasteiger partial charge in [-0.3, -0.25) is 9.78 Å². The van der Waals surface area contributed by atoms with Crippen LogP contribution in [0.3, 0.4) is 0 Å². The maximum Gasteiger partial charge on any atom is 0.418 e. The lowest BCUT2D eigenvalue weighted by atomic mass is 9.84. The lowest BCUT2D eigenvalue weighted by Crippen LogP contribution is -2.30. The number of aryl methyl sites for hydroxylation is 2. The van der Waals surface area contributed by atoms with Crippen LogP contribution in [-0.4, -0.2) is 29.8 Å². The fourth-order valence-corrected chi connectivity index (χ4v) is 4.87. The molecule has 0 amide bonds. The van der Waals surface area contributed by atoms with Gasteiger partial charge in [0.2, 0.25) is 0 Å². The van der Waals surface area contributed by atoms with E-state index >= 15 is 0 Å². The zero-order valence-electron chi connectivity index (χ0n) is 22.4. The van der Waals surface area contributed by atoms with E-state index in [9.17, 15) is 31.1 Å². The first-order chi connectivity index (χ1) is 19.5. The maximum absolute atomic E-state index is 13.5. The van der Waals surface area contributed by atoms with Crippen LogP contribution in [-0.2, 0) is 12.7 Å². The molecule has 5 rings (SSSR count). The number of hydrogen-bond donors (Lipinski definition) is 0. The van der Waals surface area contributed by atoms with E-state index in [2.05, 4.69) is 20.4 Å². The van der Waals surface area contributed by atoms with Crippen LogP contribution in [0, 0.1) is 19.7 Å². The molecule has 1 saturated carbocycles. The summed E-state index contributed by atoms with van der Waals surface area (Å²) in [5.41, 5.74) is -0.553. The van der Waals surface area contributed by atoms with Crippen molar-refractivity contribution in [1.82, 2.24) is 29.8 Å².